The summed E-state index contributed by atoms with van der Waals surface area (Å²) in [6.07, 6.45) is 1.06. The minimum Gasteiger partial charge on any atom is -0.366 e. The lowest BCUT2D eigenvalue weighted by Crippen LogP contribution is -2.47. The summed E-state index contributed by atoms with van der Waals surface area (Å²) >= 11 is 0. The van der Waals surface area contributed by atoms with E-state index in [1.54, 1.807) is 6.07 Å². The Hall–Kier alpha value is -2.91. The molecule has 4 rings (SSSR count). The molecule has 0 aliphatic carbocycles. The summed E-state index contributed by atoms with van der Waals surface area (Å²) in [5.41, 5.74) is 12.6. The lowest BCUT2D eigenvalue weighted by Gasteiger charge is -2.45. The van der Waals surface area contributed by atoms with Gasteiger partial charge in [0, 0.05) is 18.7 Å². The molecule has 160 valence electrons. The van der Waals surface area contributed by atoms with Crippen molar-refractivity contribution in [3.8, 4) is 11.1 Å². The van der Waals surface area contributed by atoms with E-state index in [1.165, 1.54) is 27.8 Å². The van der Waals surface area contributed by atoms with Crippen LogP contribution in [-0.2, 0) is 12.0 Å². The Morgan fingerprint density at radius 2 is 1.77 bits per heavy atom. The molecule has 1 heterocycles. The lowest BCUT2D eigenvalue weighted by molar-refractivity contribution is 0.0996. The van der Waals surface area contributed by atoms with E-state index in [0.29, 0.717) is 11.5 Å². The minimum atomic E-state index is -0.357. The van der Waals surface area contributed by atoms with Gasteiger partial charge in [-0.1, -0.05) is 74.0 Å². The number of hydrogen-bond donors (Lipinski definition) is 1. The first kappa shape index (κ1) is 21.3. The molecular formula is C28H32N2O. The molecule has 1 amide bonds. The van der Waals surface area contributed by atoms with E-state index in [9.17, 15) is 4.79 Å². The van der Waals surface area contributed by atoms with Crippen LogP contribution in [-0.4, -0.2) is 23.9 Å². The fourth-order valence-corrected chi connectivity index (χ4v) is 4.77. The molecule has 1 fully saturated rings. The third-order valence-corrected chi connectivity index (χ3v) is 7.09. The number of primary amides is 1. The van der Waals surface area contributed by atoms with Gasteiger partial charge >= 0.3 is 0 Å². The highest BCUT2D eigenvalue weighted by atomic mass is 16.1. The van der Waals surface area contributed by atoms with Crippen molar-refractivity contribution in [1.29, 1.82) is 0 Å². The highest BCUT2D eigenvalue weighted by Gasteiger charge is 2.38. The maximum absolute atomic E-state index is 11.6. The van der Waals surface area contributed by atoms with Crippen LogP contribution in [0.5, 0.6) is 0 Å². The number of nitrogens with two attached hydrogens (primary N) is 1. The Labute approximate surface area is 185 Å². The minimum absolute atomic E-state index is 0.0473. The molecule has 3 heteroatoms. The first-order valence-corrected chi connectivity index (χ1v) is 11.1. The standard InChI is InChI=1S/C28H32N2O/c1-20-10-12-23(13-11-20)24-7-4-6-22(16-24)19-30-15-14-28(3,21(2)18-30)26-9-5-8-25(17-26)27(29)31/h4-13,16-17,21H,14-15,18-19H2,1-3H3,(H2,29,31)/t21-,28+/m0/s1. The lowest BCUT2D eigenvalue weighted by atomic mass is 9.67. The first-order valence-electron chi connectivity index (χ1n) is 11.1. The van der Waals surface area contributed by atoms with Gasteiger partial charge in [0.1, 0.15) is 0 Å². The van der Waals surface area contributed by atoms with Gasteiger partial charge in [0.05, 0.1) is 0 Å². The summed E-state index contributed by atoms with van der Waals surface area (Å²) in [7, 11) is 0. The summed E-state index contributed by atoms with van der Waals surface area (Å²) in [5, 5.41) is 0. The highest BCUT2D eigenvalue weighted by molar-refractivity contribution is 5.93. The predicted molar refractivity (Wildman–Crippen MR) is 128 cm³/mol. The molecule has 0 aromatic heterocycles. The fourth-order valence-electron chi connectivity index (χ4n) is 4.77. The first-order chi connectivity index (χ1) is 14.8. The largest absolute Gasteiger partial charge is 0.366 e. The van der Waals surface area contributed by atoms with Gasteiger partial charge in [0.15, 0.2) is 0 Å². The monoisotopic (exact) mass is 412 g/mol. The molecular weight excluding hydrogens is 380 g/mol. The fraction of sp³-hybridized carbons (Fsp3) is 0.321. The van der Waals surface area contributed by atoms with Gasteiger partial charge in [-0.3, -0.25) is 9.69 Å². The molecule has 2 atom stereocenters. The second-order valence-electron chi connectivity index (χ2n) is 9.32. The van der Waals surface area contributed by atoms with E-state index in [4.69, 9.17) is 5.73 Å². The molecule has 1 aliphatic heterocycles. The average Bonchev–Trinajstić information content (AvgIpc) is 2.77. The number of likely N-dealkylation sites (tertiary alicyclic amines) is 1. The smallest absolute Gasteiger partial charge is 0.248 e. The number of nitrogens with zero attached hydrogens (tertiary/aromatic N) is 1. The second-order valence-corrected chi connectivity index (χ2v) is 9.32. The third kappa shape index (κ3) is 4.57. The van der Waals surface area contributed by atoms with Gasteiger partial charge in [-0.2, -0.15) is 0 Å². The summed E-state index contributed by atoms with van der Waals surface area (Å²) in [6.45, 7) is 9.80. The van der Waals surface area contributed by atoms with Crippen molar-refractivity contribution in [3.63, 3.8) is 0 Å². The number of amides is 1. The molecule has 0 saturated carbocycles. The second kappa shape index (κ2) is 8.68. The molecule has 0 unspecified atom stereocenters. The molecule has 3 aromatic carbocycles. The van der Waals surface area contributed by atoms with Crippen molar-refractivity contribution in [3.05, 3.63) is 95.1 Å². The van der Waals surface area contributed by atoms with Crippen LogP contribution >= 0.6 is 0 Å². The number of aryl methyl sites for hydroxylation is 1. The van der Waals surface area contributed by atoms with E-state index < -0.39 is 0 Å². The maximum Gasteiger partial charge on any atom is 0.248 e. The molecule has 0 bridgehead atoms. The van der Waals surface area contributed by atoms with Crippen LogP contribution in [0.1, 0.15) is 47.3 Å². The molecule has 1 saturated heterocycles. The third-order valence-electron chi connectivity index (χ3n) is 7.09. The zero-order valence-electron chi connectivity index (χ0n) is 18.8. The number of carbonyl (C=O) groups is 1. The topological polar surface area (TPSA) is 46.3 Å². The van der Waals surface area contributed by atoms with Gasteiger partial charge < -0.3 is 5.73 Å². The zero-order chi connectivity index (χ0) is 22.0. The van der Waals surface area contributed by atoms with Crippen LogP contribution < -0.4 is 5.73 Å². The van der Waals surface area contributed by atoms with E-state index in [0.717, 1.165) is 26.1 Å². The van der Waals surface area contributed by atoms with Crippen LogP contribution in [0.15, 0.2) is 72.8 Å². The van der Waals surface area contributed by atoms with Crippen LogP contribution in [0.3, 0.4) is 0 Å². The van der Waals surface area contributed by atoms with Crippen molar-refractivity contribution < 1.29 is 4.79 Å². The number of rotatable bonds is 5. The number of benzene rings is 3. The van der Waals surface area contributed by atoms with Crippen molar-refractivity contribution in [2.24, 2.45) is 11.7 Å². The summed E-state index contributed by atoms with van der Waals surface area (Å²) in [6, 6.07) is 25.5. The van der Waals surface area contributed by atoms with Gasteiger partial charge in [-0.15, -0.1) is 0 Å². The molecule has 2 N–H and O–H groups in total. The molecule has 1 aliphatic rings. The average molecular weight is 413 g/mol. The highest BCUT2D eigenvalue weighted by Crippen LogP contribution is 2.40. The quantitative estimate of drug-likeness (QED) is 0.596. The predicted octanol–water partition coefficient (Wildman–Crippen LogP) is 5.56. The summed E-state index contributed by atoms with van der Waals surface area (Å²) in [4.78, 5) is 14.2. The summed E-state index contributed by atoms with van der Waals surface area (Å²) < 4.78 is 0. The van der Waals surface area contributed by atoms with Gasteiger partial charge in [0.25, 0.3) is 0 Å². The van der Waals surface area contributed by atoms with Crippen LogP contribution in [0.25, 0.3) is 11.1 Å². The van der Waals surface area contributed by atoms with Gasteiger partial charge in [-0.25, -0.2) is 0 Å². The molecule has 0 spiro atoms. The maximum atomic E-state index is 11.6. The molecule has 3 aromatic rings. The Kier molecular flexibility index (Phi) is 5.97. The van der Waals surface area contributed by atoms with Crippen molar-refractivity contribution in [1.82, 2.24) is 4.90 Å². The van der Waals surface area contributed by atoms with Gasteiger partial charge in [0.2, 0.25) is 5.91 Å². The Balaban J connectivity index is 1.47. The van der Waals surface area contributed by atoms with E-state index in [-0.39, 0.29) is 11.3 Å². The molecule has 31 heavy (non-hydrogen) atoms. The Morgan fingerprint density at radius 1 is 1.03 bits per heavy atom. The van der Waals surface area contributed by atoms with E-state index in [2.05, 4.69) is 80.3 Å². The normalized spacial score (nSPS) is 21.7. The molecule has 0 radical (unpaired) electrons. The Morgan fingerprint density at radius 3 is 2.48 bits per heavy atom. The van der Waals surface area contributed by atoms with Crippen LogP contribution in [0.4, 0.5) is 0 Å². The van der Waals surface area contributed by atoms with E-state index in [1.807, 2.05) is 12.1 Å². The van der Waals surface area contributed by atoms with Crippen molar-refractivity contribution in [2.75, 3.05) is 13.1 Å². The number of carbonyl (C=O) groups excluding carboxylic acids is 1. The van der Waals surface area contributed by atoms with Crippen molar-refractivity contribution in [2.45, 2.75) is 39.2 Å². The number of piperidine rings is 1. The van der Waals surface area contributed by atoms with E-state index >= 15 is 0 Å². The van der Waals surface area contributed by atoms with Crippen LogP contribution in [0.2, 0.25) is 0 Å². The summed E-state index contributed by atoms with van der Waals surface area (Å²) in [5.74, 6) is 0.119. The zero-order valence-corrected chi connectivity index (χ0v) is 18.8. The molecule has 3 nitrogen and oxygen atoms in total. The SMILES string of the molecule is Cc1ccc(-c2cccc(CN3CC[C@@](C)(c4cccc(C(N)=O)c4)[C@@H](C)C3)c2)cc1. The van der Waals surface area contributed by atoms with Crippen LogP contribution in [0, 0.1) is 12.8 Å². The van der Waals surface area contributed by atoms with Crippen molar-refractivity contribution >= 4 is 5.91 Å². The van der Waals surface area contributed by atoms with Gasteiger partial charge in [-0.05, 0) is 71.7 Å². The number of hydrogen-bond acceptors (Lipinski definition) is 2. The Bertz CT molecular complexity index is 1070.